The number of nitriles is 2. The van der Waals surface area contributed by atoms with Gasteiger partial charge in [-0.3, -0.25) is 4.79 Å². The molecule has 0 fully saturated rings. The maximum absolute atomic E-state index is 12.2. The minimum atomic E-state index is -0.230. The van der Waals surface area contributed by atoms with E-state index in [9.17, 15) is 10.1 Å². The van der Waals surface area contributed by atoms with Crippen molar-refractivity contribution in [3.63, 3.8) is 0 Å². The Labute approximate surface area is 166 Å². The van der Waals surface area contributed by atoms with Crippen molar-refractivity contribution in [3.8, 4) is 23.3 Å². The highest BCUT2D eigenvalue weighted by atomic mass is 32.2. The number of anilines is 2. The molecule has 0 aliphatic carbocycles. The number of carbonyl (C=O) groups excluding carboxylic acids is 1. The van der Waals surface area contributed by atoms with Gasteiger partial charge in [-0.25, -0.2) is 4.98 Å². The number of nitrogen functional groups attached to an aromatic ring is 1. The number of carbonyl (C=O) groups is 1. The predicted octanol–water partition coefficient (Wildman–Crippen LogP) is 3.80. The highest BCUT2D eigenvalue weighted by molar-refractivity contribution is 8.00. The predicted molar refractivity (Wildman–Crippen MR) is 109 cm³/mol. The first-order valence-electron chi connectivity index (χ1n) is 8.29. The molecule has 3 N–H and O–H groups in total. The first-order valence-corrected chi connectivity index (χ1v) is 9.28. The molecule has 3 aromatic rings. The lowest BCUT2D eigenvalue weighted by atomic mass is 10.1. The number of hydrogen-bond donors (Lipinski definition) is 2. The highest BCUT2D eigenvalue weighted by Crippen LogP contribution is 2.25. The molecule has 0 spiro atoms. The summed E-state index contributed by atoms with van der Waals surface area (Å²) in [6.07, 6.45) is 0. The van der Waals surface area contributed by atoms with Crippen molar-refractivity contribution in [2.45, 2.75) is 5.03 Å². The molecule has 136 valence electrons. The largest absolute Gasteiger partial charge is 0.383 e. The minimum Gasteiger partial charge on any atom is -0.383 e. The van der Waals surface area contributed by atoms with Gasteiger partial charge in [-0.1, -0.05) is 54.2 Å². The van der Waals surface area contributed by atoms with Gasteiger partial charge < -0.3 is 11.1 Å². The van der Waals surface area contributed by atoms with Gasteiger partial charge in [0, 0.05) is 5.69 Å². The van der Waals surface area contributed by atoms with Gasteiger partial charge in [0.2, 0.25) is 5.91 Å². The van der Waals surface area contributed by atoms with Crippen LogP contribution in [0.25, 0.3) is 11.1 Å². The first kappa shape index (κ1) is 19.0. The number of aromatic nitrogens is 1. The first-order chi connectivity index (χ1) is 13.6. The third-order valence-electron chi connectivity index (χ3n) is 3.87. The Morgan fingerprint density at radius 2 is 1.64 bits per heavy atom. The van der Waals surface area contributed by atoms with Gasteiger partial charge in [0.15, 0.2) is 0 Å². The summed E-state index contributed by atoms with van der Waals surface area (Å²) < 4.78 is 0. The number of nitrogens with one attached hydrogen (secondary N) is 1. The molecule has 1 amide bonds. The van der Waals surface area contributed by atoms with E-state index in [2.05, 4.69) is 10.3 Å². The fourth-order valence-corrected chi connectivity index (χ4v) is 3.26. The van der Waals surface area contributed by atoms with Crippen LogP contribution >= 0.6 is 11.8 Å². The van der Waals surface area contributed by atoms with Gasteiger partial charge >= 0.3 is 0 Å². The van der Waals surface area contributed by atoms with E-state index in [-0.39, 0.29) is 28.6 Å². The fraction of sp³-hybridized carbons (Fsp3) is 0.0476. The molecule has 0 unspecified atom stereocenters. The van der Waals surface area contributed by atoms with Crippen LogP contribution in [-0.4, -0.2) is 16.6 Å². The molecule has 0 bridgehead atoms. The SMILES string of the molecule is N#Cc1cc(C#N)c(SCC(=O)Nc2ccc(-c3ccccc3)cc2)nc1N. The quantitative estimate of drug-likeness (QED) is 0.645. The molecule has 0 aliphatic heterocycles. The van der Waals surface area contributed by atoms with Crippen LogP contribution in [0.4, 0.5) is 11.5 Å². The monoisotopic (exact) mass is 385 g/mol. The summed E-state index contributed by atoms with van der Waals surface area (Å²) in [6.45, 7) is 0. The average molecular weight is 385 g/mol. The van der Waals surface area contributed by atoms with Gasteiger partial charge in [-0.15, -0.1) is 0 Å². The zero-order valence-electron chi connectivity index (χ0n) is 14.7. The van der Waals surface area contributed by atoms with Crippen molar-refractivity contribution in [1.29, 1.82) is 10.5 Å². The Kier molecular flexibility index (Phi) is 5.91. The standard InChI is InChI=1S/C21H15N5OS/c22-11-16-10-17(12-23)21(26-20(16)24)28-13-19(27)25-18-8-6-15(7-9-18)14-4-2-1-3-5-14/h1-10H,13H2,(H2,24,26)(H,25,27). The minimum absolute atomic E-state index is 0.0425. The van der Waals surface area contributed by atoms with Crippen LogP contribution in [0.2, 0.25) is 0 Å². The summed E-state index contributed by atoms with van der Waals surface area (Å²) in [4.78, 5) is 16.3. The molecular formula is C21H15N5OS. The Morgan fingerprint density at radius 1 is 1.00 bits per heavy atom. The highest BCUT2D eigenvalue weighted by Gasteiger charge is 2.12. The van der Waals surface area contributed by atoms with E-state index in [0.717, 1.165) is 22.9 Å². The lowest BCUT2D eigenvalue weighted by Crippen LogP contribution is -2.14. The van der Waals surface area contributed by atoms with Crippen molar-refractivity contribution < 1.29 is 4.79 Å². The van der Waals surface area contributed by atoms with Crippen LogP contribution in [0.5, 0.6) is 0 Å². The number of thioether (sulfide) groups is 1. The van der Waals surface area contributed by atoms with E-state index in [1.807, 2.05) is 66.7 Å². The number of amides is 1. The lowest BCUT2D eigenvalue weighted by molar-refractivity contribution is -0.113. The van der Waals surface area contributed by atoms with Gasteiger partial charge in [0.1, 0.15) is 23.0 Å². The molecule has 3 rings (SSSR count). The van der Waals surface area contributed by atoms with E-state index in [1.165, 1.54) is 6.07 Å². The normalized spacial score (nSPS) is 9.93. The molecule has 1 heterocycles. The average Bonchev–Trinajstić information content (AvgIpc) is 2.73. The van der Waals surface area contributed by atoms with Crippen LogP contribution in [0.1, 0.15) is 11.1 Å². The zero-order valence-corrected chi connectivity index (χ0v) is 15.5. The molecule has 7 heteroatoms. The molecule has 0 radical (unpaired) electrons. The second-order valence-electron chi connectivity index (χ2n) is 5.78. The van der Waals surface area contributed by atoms with E-state index < -0.39 is 0 Å². The second-order valence-corrected chi connectivity index (χ2v) is 6.74. The number of nitrogens with two attached hydrogens (primary N) is 1. The Balaban J connectivity index is 1.63. The molecule has 2 aromatic carbocycles. The van der Waals surface area contributed by atoms with E-state index in [4.69, 9.17) is 11.0 Å². The number of pyridine rings is 1. The molecule has 1 aromatic heterocycles. The van der Waals surface area contributed by atoms with Crippen molar-refractivity contribution in [3.05, 3.63) is 71.8 Å². The molecule has 6 nitrogen and oxygen atoms in total. The Bertz CT molecular complexity index is 1080. The van der Waals surface area contributed by atoms with Crippen LogP contribution in [0.3, 0.4) is 0 Å². The Morgan fingerprint density at radius 3 is 2.29 bits per heavy atom. The van der Waals surface area contributed by atoms with Crippen molar-refractivity contribution in [2.24, 2.45) is 0 Å². The topological polar surface area (TPSA) is 116 Å². The Hall–Kier alpha value is -3.81. The smallest absolute Gasteiger partial charge is 0.234 e. The van der Waals surface area contributed by atoms with Gasteiger partial charge in [-0.2, -0.15) is 10.5 Å². The van der Waals surface area contributed by atoms with Crippen LogP contribution in [-0.2, 0) is 4.79 Å². The van der Waals surface area contributed by atoms with Crippen molar-refractivity contribution >= 4 is 29.2 Å². The number of rotatable bonds is 5. The number of nitrogens with zero attached hydrogens (tertiary/aromatic N) is 3. The van der Waals surface area contributed by atoms with Crippen LogP contribution in [0, 0.1) is 22.7 Å². The van der Waals surface area contributed by atoms with Crippen molar-refractivity contribution in [2.75, 3.05) is 16.8 Å². The number of benzene rings is 2. The van der Waals surface area contributed by atoms with Gasteiger partial charge in [-0.05, 0) is 29.3 Å². The van der Waals surface area contributed by atoms with Crippen molar-refractivity contribution in [1.82, 2.24) is 4.98 Å². The van der Waals surface area contributed by atoms with Crippen LogP contribution < -0.4 is 11.1 Å². The molecule has 28 heavy (non-hydrogen) atoms. The fourth-order valence-electron chi connectivity index (χ4n) is 2.50. The van der Waals surface area contributed by atoms with Gasteiger partial charge in [0.25, 0.3) is 0 Å². The molecule has 0 saturated heterocycles. The summed E-state index contributed by atoms with van der Waals surface area (Å²) in [7, 11) is 0. The maximum Gasteiger partial charge on any atom is 0.234 e. The summed E-state index contributed by atoms with van der Waals surface area (Å²) in [6, 6.07) is 22.7. The lowest BCUT2D eigenvalue weighted by Gasteiger charge is -2.08. The molecule has 0 saturated carbocycles. The van der Waals surface area contributed by atoms with Crippen LogP contribution in [0.15, 0.2) is 65.7 Å². The second kappa shape index (κ2) is 8.72. The third-order valence-corrected chi connectivity index (χ3v) is 4.86. The summed E-state index contributed by atoms with van der Waals surface area (Å²) in [5, 5.41) is 21.3. The maximum atomic E-state index is 12.2. The summed E-state index contributed by atoms with van der Waals surface area (Å²) in [5.41, 5.74) is 8.89. The number of hydrogen-bond acceptors (Lipinski definition) is 6. The third kappa shape index (κ3) is 4.47. The van der Waals surface area contributed by atoms with Gasteiger partial charge in [0.05, 0.1) is 16.9 Å². The molecular weight excluding hydrogens is 370 g/mol. The molecule has 0 aliphatic rings. The summed E-state index contributed by atoms with van der Waals surface area (Å²) >= 11 is 1.10. The summed E-state index contributed by atoms with van der Waals surface area (Å²) in [5.74, 6) is -0.125. The van der Waals surface area contributed by atoms with E-state index in [1.54, 1.807) is 0 Å². The van der Waals surface area contributed by atoms with E-state index >= 15 is 0 Å². The van der Waals surface area contributed by atoms with E-state index in [0.29, 0.717) is 10.7 Å². The zero-order chi connectivity index (χ0) is 19.9. The molecule has 0 atom stereocenters.